The fourth-order valence-electron chi connectivity index (χ4n) is 3.94. The molecule has 1 fully saturated rings. The first-order valence-electron chi connectivity index (χ1n) is 10.9. The molecule has 1 heterocycles. The van der Waals surface area contributed by atoms with Crippen LogP contribution in [-0.4, -0.2) is 10.2 Å². The number of amides is 1. The van der Waals surface area contributed by atoms with E-state index in [0.29, 0.717) is 17.3 Å². The average molecular weight is 522 g/mol. The molecule has 0 spiro atoms. The molecule has 0 aliphatic carbocycles. The van der Waals surface area contributed by atoms with Crippen molar-refractivity contribution in [3.8, 4) is 5.75 Å². The lowest BCUT2D eigenvalue weighted by molar-refractivity contribution is -0.137. The van der Waals surface area contributed by atoms with E-state index in [1.165, 1.54) is 12.1 Å². The van der Waals surface area contributed by atoms with Crippen LogP contribution in [0.25, 0.3) is 16.8 Å². The van der Waals surface area contributed by atoms with Crippen molar-refractivity contribution in [2.45, 2.75) is 12.8 Å². The third kappa shape index (κ3) is 5.01. The smallest absolute Gasteiger partial charge is 0.416 e. The van der Waals surface area contributed by atoms with Crippen LogP contribution in [0.5, 0.6) is 5.75 Å². The molecule has 0 atom stereocenters. The van der Waals surface area contributed by atoms with E-state index in [-0.39, 0.29) is 10.0 Å². The van der Waals surface area contributed by atoms with E-state index in [1.54, 1.807) is 6.08 Å². The van der Waals surface area contributed by atoms with Crippen LogP contribution in [0.2, 0.25) is 0 Å². The van der Waals surface area contributed by atoms with Crippen LogP contribution in [0.1, 0.15) is 16.7 Å². The number of benzene rings is 4. The van der Waals surface area contributed by atoms with Crippen molar-refractivity contribution in [3.63, 3.8) is 0 Å². The monoisotopic (exact) mass is 521 g/mol. The summed E-state index contributed by atoms with van der Waals surface area (Å²) in [6, 6.07) is 26.0. The van der Waals surface area contributed by atoms with Gasteiger partial charge in [-0.25, -0.2) is 0 Å². The van der Waals surface area contributed by atoms with Gasteiger partial charge < -0.3 is 4.74 Å². The number of alkyl halides is 3. The predicted octanol–water partition coefficient (Wildman–Crippen LogP) is 7.84. The van der Waals surface area contributed by atoms with Gasteiger partial charge in [0.25, 0.3) is 5.91 Å². The molecule has 5 rings (SSSR count). The first kappa shape index (κ1) is 24.1. The number of anilines is 1. The fraction of sp³-hybridized carbons (Fsp3) is 0.0714. The molecule has 8 heteroatoms. The summed E-state index contributed by atoms with van der Waals surface area (Å²) in [4.78, 5) is 14.5. The zero-order valence-electron chi connectivity index (χ0n) is 18.7. The number of carbonyl (C=O) groups excluding carboxylic acids is 1. The number of carbonyl (C=O) groups is 1. The van der Waals surface area contributed by atoms with Crippen LogP contribution in [0, 0.1) is 0 Å². The van der Waals surface area contributed by atoms with Crippen molar-refractivity contribution in [2.75, 3.05) is 4.90 Å². The second kappa shape index (κ2) is 9.79. The lowest BCUT2D eigenvalue weighted by Crippen LogP contribution is -2.27. The van der Waals surface area contributed by atoms with Crippen molar-refractivity contribution in [3.05, 3.63) is 113 Å². The molecule has 1 amide bonds. The van der Waals surface area contributed by atoms with Crippen molar-refractivity contribution in [1.82, 2.24) is 0 Å². The second-order valence-corrected chi connectivity index (χ2v) is 9.74. The molecule has 0 aromatic heterocycles. The van der Waals surface area contributed by atoms with E-state index in [4.69, 9.17) is 17.0 Å². The van der Waals surface area contributed by atoms with Crippen LogP contribution >= 0.6 is 24.0 Å². The minimum Gasteiger partial charge on any atom is -0.489 e. The molecule has 0 N–H and O–H groups in total. The lowest BCUT2D eigenvalue weighted by atomic mass is 10.1. The summed E-state index contributed by atoms with van der Waals surface area (Å²) in [6.07, 6.45) is -2.85. The third-order valence-corrected chi connectivity index (χ3v) is 6.96. The lowest BCUT2D eigenvalue weighted by Gasteiger charge is -2.16. The zero-order chi connectivity index (χ0) is 25.3. The molecule has 3 nitrogen and oxygen atoms in total. The maximum absolute atomic E-state index is 13.1. The van der Waals surface area contributed by atoms with E-state index in [2.05, 4.69) is 18.2 Å². The Balaban J connectivity index is 1.35. The van der Waals surface area contributed by atoms with Gasteiger partial charge in [-0.2, -0.15) is 13.2 Å². The molecule has 0 bridgehead atoms. The van der Waals surface area contributed by atoms with E-state index in [9.17, 15) is 18.0 Å². The van der Waals surface area contributed by atoms with Gasteiger partial charge in [0.05, 0.1) is 16.2 Å². The Morgan fingerprint density at radius 2 is 1.67 bits per heavy atom. The Bertz CT molecular complexity index is 1510. The van der Waals surface area contributed by atoms with Crippen LogP contribution in [0.4, 0.5) is 18.9 Å². The number of thiocarbonyl (C=S) groups is 1. The van der Waals surface area contributed by atoms with Crippen LogP contribution in [-0.2, 0) is 17.6 Å². The Kier molecular flexibility index (Phi) is 6.55. The number of hydrogen-bond acceptors (Lipinski definition) is 4. The van der Waals surface area contributed by atoms with Gasteiger partial charge in [-0.3, -0.25) is 9.69 Å². The summed E-state index contributed by atoms with van der Waals surface area (Å²) in [6.45, 7) is 0.377. The van der Waals surface area contributed by atoms with Crippen LogP contribution in [0.3, 0.4) is 0 Å². The Morgan fingerprint density at radius 3 is 2.50 bits per heavy atom. The number of nitrogens with zero attached hydrogens (tertiary/aromatic N) is 1. The Hall–Kier alpha value is -3.62. The molecule has 0 unspecified atom stereocenters. The van der Waals surface area contributed by atoms with Crippen molar-refractivity contribution >= 4 is 56.7 Å². The van der Waals surface area contributed by atoms with Crippen molar-refractivity contribution in [2.24, 2.45) is 0 Å². The van der Waals surface area contributed by atoms with Gasteiger partial charge in [0, 0.05) is 0 Å². The minimum absolute atomic E-state index is 0.0860. The number of halogens is 3. The molecule has 180 valence electrons. The maximum Gasteiger partial charge on any atom is 0.416 e. The second-order valence-electron chi connectivity index (χ2n) is 8.06. The van der Waals surface area contributed by atoms with Crippen molar-refractivity contribution in [1.29, 1.82) is 0 Å². The van der Waals surface area contributed by atoms with Gasteiger partial charge in [0.15, 0.2) is 4.32 Å². The molecule has 0 saturated carbocycles. The van der Waals surface area contributed by atoms with Crippen LogP contribution < -0.4 is 9.64 Å². The molecule has 4 aromatic rings. The molecule has 36 heavy (non-hydrogen) atoms. The SMILES string of the molecule is O=C1/C(=C/c2cccc(OCc3cccc4ccccc34)c2)SC(=S)N1c1cccc(C(F)(F)F)c1. The van der Waals surface area contributed by atoms with E-state index in [0.717, 1.165) is 50.7 Å². The van der Waals surface area contributed by atoms with Gasteiger partial charge in [-0.05, 0) is 58.3 Å². The molecule has 1 saturated heterocycles. The normalized spacial score (nSPS) is 15.2. The standard InChI is InChI=1S/C28H18F3NO2S2/c29-28(30,31)21-10-5-11-22(16-21)32-26(33)25(36-27(32)35)15-18-6-3-12-23(14-18)34-17-20-9-4-8-19-7-1-2-13-24(19)20/h1-16H,17H2/b25-15-. The maximum atomic E-state index is 13.1. The zero-order valence-corrected chi connectivity index (χ0v) is 20.3. The topological polar surface area (TPSA) is 29.5 Å². The Labute approximate surface area is 215 Å². The molecular formula is C28H18F3NO2S2. The molecule has 4 aromatic carbocycles. The summed E-state index contributed by atoms with van der Waals surface area (Å²) in [7, 11) is 0. The van der Waals surface area contributed by atoms with E-state index < -0.39 is 17.6 Å². The third-order valence-electron chi connectivity index (χ3n) is 5.66. The molecule has 0 radical (unpaired) electrons. The van der Waals surface area contributed by atoms with Gasteiger partial charge in [-0.1, -0.05) is 84.6 Å². The van der Waals surface area contributed by atoms with Gasteiger partial charge in [0.2, 0.25) is 0 Å². The number of rotatable bonds is 5. The summed E-state index contributed by atoms with van der Waals surface area (Å²) in [5, 5.41) is 2.25. The number of ether oxygens (including phenoxy) is 1. The molecule has 1 aliphatic rings. The van der Waals surface area contributed by atoms with E-state index >= 15 is 0 Å². The first-order chi connectivity index (χ1) is 17.3. The van der Waals surface area contributed by atoms with Gasteiger partial charge >= 0.3 is 6.18 Å². The van der Waals surface area contributed by atoms with Gasteiger partial charge in [-0.15, -0.1) is 0 Å². The number of hydrogen-bond donors (Lipinski definition) is 0. The summed E-state index contributed by atoms with van der Waals surface area (Å²) < 4.78 is 45.6. The first-order valence-corrected chi connectivity index (χ1v) is 12.2. The highest BCUT2D eigenvalue weighted by Crippen LogP contribution is 2.38. The van der Waals surface area contributed by atoms with Crippen LogP contribution in [0.15, 0.2) is 95.9 Å². The highest BCUT2D eigenvalue weighted by atomic mass is 32.2. The highest BCUT2D eigenvalue weighted by molar-refractivity contribution is 8.27. The minimum atomic E-state index is -4.52. The largest absolute Gasteiger partial charge is 0.489 e. The van der Waals surface area contributed by atoms with Gasteiger partial charge in [0.1, 0.15) is 12.4 Å². The number of fused-ring (bicyclic) bond motifs is 1. The number of thioether (sulfide) groups is 1. The summed E-state index contributed by atoms with van der Waals surface area (Å²) in [5.74, 6) is 0.163. The Morgan fingerprint density at radius 1 is 0.917 bits per heavy atom. The molecule has 1 aliphatic heterocycles. The molecular weight excluding hydrogens is 503 g/mol. The quantitative estimate of drug-likeness (QED) is 0.198. The predicted molar refractivity (Wildman–Crippen MR) is 142 cm³/mol. The summed E-state index contributed by atoms with van der Waals surface area (Å²) >= 11 is 6.36. The van der Waals surface area contributed by atoms with Crippen molar-refractivity contribution < 1.29 is 22.7 Å². The fourth-order valence-corrected chi connectivity index (χ4v) is 5.24. The average Bonchev–Trinajstić information content (AvgIpc) is 3.14. The highest BCUT2D eigenvalue weighted by Gasteiger charge is 2.36. The summed E-state index contributed by atoms with van der Waals surface area (Å²) in [5.41, 5.74) is 1.02. The van der Waals surface area contributed by atoms with E-state index in [1.807, 2.05) is 48.5 Å².